The summed E-state index contributed by atoms with van der Waals surface area (Å²) in [6, 6.07) is 19.0. The maximum absolute atomic E-state index is 12.8. The molecule has 0 aromatic heterocycles. The van der Waals surface area contributed by atoms with Crippen LogP contribution >= 0.6 is 0 Å². The van der Waals surface area contributed by atoms with Crippen molar-refractivity contribution in [1.29, 1.82) is 0 Å². The standard InChI is InChI=1S/C33H35N3O4/c37-30-12-10-26-19-36(29-11-13-31(38)35-33(29)39)20-28(26)32(30)40-21-23-6-8-24(9-7-23)27(25-14-16-34-17-15-25)18-22-4-2-1-3-5-22/h1-10,12,19,25,27,29,34H,11,13-18,20-21H2,(H,35,38,39). The predicted molar refractivity (Wildman–Crippen MR) is 152 cm³/mol. The highest BCUT2D eigenvalue weighted by Crippen LogP contribution is 2.35. The maximum atomic E-state index is 12.8. The quantitative estimate of drug-likeness (QED) is 0.497. The van der Waals surface area contributed by atoms with Crippen LogP contribution in [0.2, 0.25) is 0 Å². The number of piperidine rings is 2. The van der Waals surface area contributed by atoms with Gasteiger partial charge in [0.25, 0.3) is 0 Å². The fourth-order valence-electron chi connectivity index (χ4n) is 6.36. The molecule has 3 heterocycles. The number of amides is 2. The third-order valence-electron chi connectivity index (χ3n) is 8.56. The van der Waals surface area contributed by atoms with E-state index < -0.39 is 6.04 Å². The number of benzene rings is 2. The highest BCUT2D eigenvalue weighted by atomic mass is 16.5. The number of ketones is 1. The first-order chi connectivity index (χ1) is 19.5. The van der Waals surface area contributed by atoms with Crippen molar-refractivity contribution in [3.8, 4) is 0 Å². The number of hydrogen-bond acceptors (Lipinski definition) is 6. The van der Waals surface area contributed by atoms with Gasteiger partial charge in [0, 0.05) is 24.7 Å². The van der Waals surface area contributed by atoms with Gasteiger partial charge in [-0.2, -0.15) is 0 Å². The molecule has 0 saturated carbocycles. The zero-order chi connectivity index (χ0) is 27.5. The Labute approximate surface area is 235 Å². The number of hydrogen-bond donors (Lipinski definition) is 2. The van der Waals surface area contributed by atoms with Crippen LogP contribution in [0.5, 0.6) is 0 Å². The number of imide groups is 1. The summed E-state index contributed by atoms with van der Waals surface area (Å²) in [5, 5.41) is 5.91. The molecule has 2 fully saturated rings. The van der Waals surface area contributed by atoms with Crippen molar-refractivity contribution in [2.75, 3.05) is 19.6 Å². The second-order valence-electron chi connectivity index (χ2n) is 11.1. The first kappa shape index (κ1) is 26.3. The number of fused-ring (bicyclic) bond motifs is 1. The first-order valence-corrected chi connectivity index (χ1v) is 14.3. The summed E-state index contributed by atoms with van der Waals surface area (Å²) >= 11 is 0. The number of nitrogens with one attached hydrogen (secondary N) is 2. The van der Waals surface area contributed by atoms with E-state index in [9.17, 15) is 14.4 Å². The molecule has 2 aromatic carbocycles. The summed E-state index contributed by atoms with van der Waals surface area (Å²) in [7, 11) is 0. The second kappa shape index (κ2) is 11.6. The molecule has 7 heteroatoms. The molecule has 2 unspecified atom stereocenters. The molecule has 0 spiro atoms. The van der Waals surface area contributed by atoms with Gasteiger partial charge >= 0.3 is 0 Å². The van der Waals surface area contributed by atoms with Crippen LogP contribution in [0.15, 0.2) is 89.9 Å². The normalized spacial score (nSPS) is 22.2. The van der Waals surface area contributed by atoms with Gasteiger partial charge < -0.3 is 15.0 Å². The lowest BCUT2D eigenvalue weighted by atomic mass is 9.77. The summed E-state index contributed by atoms with van der Waals surface area (Å²) in [4.78, 5) is 38.7. The van der Waals surface area contributed by atoms with E-state index in [1.165, 1.54) is 30.0 Å². The summed E-state index contributed by atoms with van der Waals surface area (Å²) in [6.07, 6.45) is 9.36. The van der Waals surface area contributed by atoms with Crippen molar-refractivity contribution in [3.63, 3.8) is 0 Å². The van der Waals surface area contributed by atoms with Gasteiger partial charge in [-0.3, -0.25) is 19.7 Å². The molecule has 2 amide bonds. The first-order valence-electron chi connectivity index (χ1n) is 14.3. The summed E-state index contributed by atoms with van der Waals surface area (Å²) in [5.41, 5.74) is 5.39. The lowest BCUT2D eigenvalue weighted by Crippen LogP contribution is -2.50. The lowest BCUT2D eigenvalue weighted by Gasteiger charge is -2.31. The van der Waals surface area contributed by atoms with E-state index in [1.807, 2.05) is 11.1 Å². The minimum atomic E-state index is -0.427. The Morgan fingerprint density at radius 3 is 2.42 bits per heavy atom. The van der Waals surface area contributed by atoms with E-state index in [1.54, 1.807) is 6.08 Å². The lowest BCUT2D eigenvalue weighted by molar-refractivity contribution is -0.136. The Kier molecular flexibility index (Phi) is 7.64. The Morgan fingerprint density at radius 1 is 0.900 bits per heavy atom. The van der Waals surface area contributed by atoms with E-state index in [4.69, 9.17) is 4.74 Å². The predicted octanol–water partition coefficient (Wildman–Crippen LogP) is 3.93. The topological polar surface area (TPSA) is 87.7 Å². The van der Waals surface area contributed by atoms with Crippen LogP contribution in [0.1, 0.15) is 48.3 Å². The van der Waals surface area contributed by atoms with E-state index in [-0.39, 0.29) is 17.6 Å². The number of carbonyl (C=O) groups excluding carboxylic acids is 3. The third kappa shape index (κ3) is 5.65. The molecule has 2 saturated heterocycles. The molecule has 0 bridgehead atoms. The van der Waals surface area contributed by atoms with Crippen molar-refractivity contribution >= 4 is 17.6 Å². The van der Waals surface area contributed by atoms with Gasteiger partial charge in [0.1, 0.15) is 12.6 Å². The molecule has 1 aliphatic carbocycles. The zero-order valence-electron chi connectivity index (χ0n) is 22.6. The van der Waals surface area contributed by atoms with E-state index in [0.29, 0.717) is 43.6 Å². The zero-order valence-corrected chi connectivity index (χ0v) is 22.6. The molecule has 3 aliphatic heterocycles. The SMILES string of the molecule is O=C1CCC(N2C=C3C=CC(=O)C(OCc4ccc(C(Cc5ccccc5)C5CCNCC5)cc4)=C3C2)C(=O)N1. The molecule has 0 radical (unpaired) electrons. The van der Waals surface area contributed by atoms with Gasteiger partial charge in [-0.1, -0.05) is 54.6 Å². The molecular weight excluding hydrogens is 502 g/mol. The van der Waals surface area contributed by atoms with Crippen molar-refractivity contribution in [2.24, 2.45) is 5.92 Å². The Bertz CT molecular complexity index is 1370. The number of ether oxygens (including phenoxy) is 1. The largest absolute Gasteiger partial charge is 0.484 e. The van der Waals surface area contributed by atoms with Gasteiger partial charge in [0.15, 0.2) is 5.76 Å². The fraction of sp³-hybridized carbons (Fsp3) is 0.364. The van der Waals surface area contributed by atoms with Crippen molar-refractivity contribution < 1.29 is 19.1 Å². The average molecular weight is 538 g/mol. The van der Waals surface area contributed by atoms with Crippen molar-refractivity contribution in [3.05, 3.63) is 107 Å². The second-order valence-corrected chi connectivity index (χ2v) is 11.1. The number of rotatable bonds is 8. The van der Waals surface area contributed by atoms with Gasteiger partial charge in [-0.05, 0) is 85.0 Å². The summed E-state index contributed by atoms with van der Waals surface area (Å²) < 4.78 is 6.14. The van der Waals surface area contributed by atoms with Crippen LogP contribution in [0.4, 0.5) is 0 Å². The smallest absolute Gasteiger partial charge is 0.249 e. The molecule has 206 valence electrons. The van der Waals surface area contributed by atoms with Crippen LogP contribution < -0.4 is 10.6 Å². The summed E-state index contributed by atoms with van der Waals surface area (Å²) in [5.74, 6) is 0.741. The van der Waals surface area contributed by atoms with Crippen molar-refractivity contribution in [1.82, 2.24) is 15.5 Å². The molecule has 2 N–H and O–H groups in total. The number of carbonyl (C=O) groups is 3. The van der Waals surface area contributed by atoms with Gasteiger partial charge in [-0.15, -0.1) is 0 Å². The Balaban J connectivity index is 1.15. The molecular formula is C33H35N3O4. The van der Waals surface area contributed by atoms with Crippen LogP contribution in [-0.2, 0) is 32.1 Å². The highest BCUT2D eigenvalue weighted by molar-refractivity contribution is 6.06. The van der Waals surface area contributed by atoms with E-state index in [2.05, 4.69) is 65.2 Å². The highest BCUT2D eigenvalue weighted by Gasteiger charge is 2.36. The van der Waals surface area contributed by atoms with Gasteiger partial charge in [0.2, 0.25) is 17.6 Å². The molecule has 2 aromatic rings. The minimum absolute atomic E-state index is 0.164. The maximum Gasteiger partial charge on any atom is 0.249 e. The number of nitrogens with zero attached hydrogens (tertiary/aromatic N) is 1. The van der Waals surface area contributed by atoms with Crippen LogP contribution in [0.3, 0.4) is 0 Å². The summed E-state index contributed by atoms with van der Waals surface area (Å²) in [6.45, 7) is 2.84. The molecule has 2 atom stereocenters. The van der Waals surface area contributed by atoms with Crippen LogP contribution in [0, 0.1) is 5.92 Å². The Hall–Kier alpha value is -3.97. The molecule has 6 rings (SSSR count). The molecule has 7 nitrogen and oxygen atoms in total. The third-order valence-corrected chi connectivity index (χ3v) is 8.56. The van der Waals surface area contributed by atoms with Crippen molar-refractivity contribution in [2.45, 2.75) is 50.7 Å². The fourth-order valence-corrected chi connectivity index (χ4v) is 6.36. The molecule has 40 heavy (non-hydrogen) atoms. The minimum Gasteiger partial charge on any atom is -0.484 e. The van der Waals surface area contributed by atoms with Crippen LogP contribution in [-0.4, -0.2) is 48.2 Å². The molecule has 4 aliphatic rings. The Morgan fingerprint density at radius 2 is 1.68 bits per heavy atom. The van der Waals surface area contributed by atoms with Gasteiger partial charge in [-0.25, -0.2) is 0 Å². The van der Waals surface area contributed by atoms with E-state index in [0.717, 1.165) is 36.2 Å². The average Bonchev–Trinajstić information content (AvgIpc) is 3.41. The van der Waals surface area contributed by atoms with Crippen LogP contribution in [0.25, 0.3) is 0 Å². The monoisotopic (exact) mass is 537 g/mol. The van der Waals surface area contributed by atoms with E-state index >= 15 is 0 Å². The number of allylic oxidation sites excluding steroid dienone is 2. The van der Waals surface area contributed by atoms with Gasteiger partial charge in [0.05, 0.1) is 0 Å².